The molecule has 0 fully saturated rings. The number of nitrogens with one attached hydrogen (secondary N) is 2. The van der Waals surface area contributed by atoms with Crippen LogP contribution < -0.4 is 10.6 Å². The molecule has 4 rings (SSSR count). The molecule has 1 aliphatic heterocycles. The molecule has 0 spiro atoms. The Morgan fingerprint density at radius 3 is 2.06 bits per heavy atom. The van der Waals surface area contributed by atoms with Crippen molar-refractivity contribution in [2.45, 2.75) is 20.4 Å². The van der Waals surface area contributed by atoms with Gasteiger partial charge in [-0.15, -0.1) is 0 Å². The first kappa shape index (κ1) is 21.1. The van der Waals surface area contributed by atoms with E-state index in [2.05, 4.69) is 10.6 Å². The number of carbonyl (C=O) groups is 3. The summed E-state index contributed by atoms with van der Waals surface area (Å²) in [7, 11) is 0. The highest BCUT2D eigenvalue weighted by Crippen LogP contribution is 2.32. The van der Waals surface area contributed by atoms with Crippen molar-refractivity contribution in [3.8, 4) is 0 Å². The standard InChI is InChI=1S/C26H23N3O3/c1-17-8-12-22(13-9-17)28-24-23(20-10-14-21(15-11-20)27-18(2)30)25(31)29(26(24)32)16-19-6-4-3-5-7-19/h3-15,28H,16H2,1-2H3,(H,27,30). The Hall–Kier alpha value is -4.19. The minimum Gasteiger partial charge on any atom is -0.350 e. The molecule has 0 atom stereocenters. The summed E-state index contributed by atoms with van der Waals surface area (Å²) in [6.45, 7) is 3.60. The smallest absolute Gasteiger partial charge is 0.278 e. The summed E-state index contributed by atoms with van der Waals surface area (Å²) in [6.07, 6.45) is 0. The molecule has 0 saturated carbocycles. The van der Waals surface area contributed by atoms with Crippen LogP contribution in [0.25, 0.3) is 5.57 Å². The lowest BCUT2D eigenvalue weighted by Crippen LogP contribution is -2.31. The third-order valence-electron chi connectivity index (χ3n) is 5.17. The van der Waals surface area contributed by atoms with Crippen LogP contribution in [0.1, 0.15) is 23.6 Å². The number of hydrogen-bond donors (Lipinski definition) is 2. The molecule has 1 heterocycles. The van der Waals surface area contributed by atoms with Gasteiger partial charge in [-0.3, -0.25) is 19.3 Å². The van der Waals surface area contributed by atoms with E-state index in [9.17, 15) is 14.4 Å². The van der Waals surface area contributed by atoms with Gasteiger partial charge in [0.2, 0.25) is 5.91 Å². The Morgan fingerprint density at radius 2 is 1.44 bits per heavy atom. The predicted molar refractivity (Wildman–Crippen MR) is 124 cm³/mol. The van der Waals surface area contributed by atoms with Gasteiger partial charge in [-0.05, 0) is 42.3 Å². The van der Waals surface area contributed by atoms with Crippen LogP contribution in [0.15, 0.2) is 84.6 Å². The van der Waals surface area contributed by atoms with Crippen molar-refractivity contribution < 1.29 is 14.4 Å². The van der Waals surface area contributed by atoms with E-state index >= 15 is 0 Å². The topological polar surface area (TPSA) is 78.5 Å². The fourth-order valence-electron chi connectivity index (χ4n) is 3.57. The van der Waals surface area contributed by atoms with Gasteiger partial charge in [0, 0.05) is 18.3 Å². The van der Waals surface area contributed by atoms with Crippen molar-refractivity contribution in [1.82, 2.24) is 4.90 Å². The van der Waals surface area contributed by atoms with Crippen LogP contribution in [-0.4, -0.2) is 22.6 Å². The Labute approximate surface area is 186 Å². The average molecular weight is 425 g/mol. The minimum atomic E-state index is -0.375. The zero-order chi connectivity index (χ0) is 22.7. The third-order valence-corrected chi connectivity index (χ3v) is 5.17. The molecule has 6 heteroatoms. The third kappa shape index (κ3) is 4.44. The summed E-state index contributed by atoms with van der Waals surface area (Å²) < 4.78 is 0. The van der Waals surface area contributed by atoms with Crippen molar-refractivity contribution in [3.63, 3.8) is 0 Å². The van der Waals surface area contributed by atoms with Gasteiger partial charge in [0.25, 0.3) is 11.8 Å². The van der Waals surface area contributed by atoms with Crippen LogP contribution in [0.4, 0.5) is 11.4 Å². The molecule has 3 amide bonds. The van der Waals surface area contributed by atoms with Crippen LogP contribution in [0.5, 0.6) is 0 Å². The van der Waals surface area contributed by atoms with Crippen molar-refractivity contribution in [1.29, 1.82) is 0 Å². The van der Waals surface area contributed by atoms with Crippen LogP contribution in [0, 0.1) is 6.92 Å². The monoisotopic (exact) mass is 425 g/mol. The maximum absolute atomic E-state index is 13.4. The lowest BCUT2D eigenvalue weighted by atomic mass is 10.0. The summed E-state index contributed by atoms with van der Waals surface area (Å²) in [5, 5.41) is 5.86. The number of rotatable bonds is 6. The van der Waals surface area contributed by atoms with Crippen LogP contribution in [-0.2, 0) is 20.9 Å². The quantitative estimate of drug-likeness (QED) is 0.576. The number of imide groups is 1. The van der Waals surface area contributed by atoms with Crippen LogP contribution >= 0.6 is 0 Å². The Kier molecular flexibility index (Phi) is 5.85. The van der Waals surface area contributed by atoms with Gasteiger partial charge in [0.1, 0.15) is 5.70 Å². The van der Waals surface area contributed by atoms with E-state index in [0.29, 0.717) is 16.8 Å². The predicted octanol–water partition coefficient (Wildman–Crippen LogP) is 4.35. The largest absolute Gasteiger partial charge is 0.350 e. The fourth-order valence-corrected chi connectivity index (χ4v) is 3.57. The minimum absolute atomic E-state index is 0.181. The second-order valence-corrected chi connectivity index (χ2v) is 7.68. The highest BCUT2D eigenvalue weighted by Gasteiger charge is 2.39. The van der Waals surface area contributed by atoms with Crippen molar-refractivity contribution >= 4 is 34.7 Å². The summed E-state index contributed by atoms with van der Waals surface area (Å²) in [5.74, 6) is -0.916. The molecule has 0 aromatic heterocycles. The number of anilines is 2. The lowest BCUT2D eigenvalue weighted by molar-refractivity contribution is -0.137. The van der Waals surface area contributed by atoms with Gasteiger partial charge in [-0.2, -0.15) is 0 Å². The fraction of sp³-hybridized carbons (Fsp3) is 0.115. The Balaban J connectivity index is 1.71. The summed E-state index contributed by atoms with van der Waals surface area (Å²) in [6, 6.07) is 23.9. The van der Waals surface area contributed by atoms with E-state index in [1.165, 1.54) is 11.8 Å². The summed E-state index contributed by atoms with van der Waals surface area (Å²) >= 11 is 0. The molecular weight excluding hydrogens is 402 g/mol. The summed E-state index contributed by atoms with van der Waals surface area (Å²) in [5.41, 5.74) is 4.45. The van der Waals surface area contributed by atoms with Crippen molar-refractivity contribution in [3.05, 3.63) is 101 Å². The van der Waals surface area contributed by atoms with Crippen LogP contribution in [0.3, 0.4) is 0 Å². The molecule has 32 heavy (non-hydrogen) atoms. The highest BCUT2D eigenvalue weighted by atomic mass is 16.2. The van der Waals surface area contributed by atoms with Gasteiger partial charge < -0.3 is 10.6 Å². The number of aryl methyl sites for hydroxylation is 1. The van der Waals surface area contributed by atoms with Gasteiger partial charge in [-0.1, -0.05) is 60.2 Å². The van der Waals surface area contributed by atoms with E-state index in [1.807, 2.05) is 61.5 Å². The molecule has 6 nitrogen and oxygen atoms in total. The van der Waals surface area contributed by atoms with Gasteiger partial charge in [-0.25, -0.2) is 0 Å². The maximum atomic E-state index is 13.4. The highest BCUT2D eigenvalue weighted by molar-refractivity contribution is 6.36. The molecule has 160 valence electrons. The zero-order valence-electron chi connectivity index (χ0n) is 17.9. The van der Waals surface area contributed by atoms with Gasteiger partial charge >= 0.3 is 0 Å². The molecule has 2 N–H and O–H groups in total. The van der Waals surface area contributed by atoms with E-state index in [1.54, 1.807) is 24.3 Å². The number of amides is 3. The SMILES string of the molecule is CC(=O)Nc1ccc(C2=C(Nc3ccc(C)cc3)C(=O)N(Cc3ccccc3)C2=O)cc1. The van der Waals surface area contributed by atoms with Gasteiger partial charge in [0.15, 0.2) is 0 Å². The van der Waals surface area contributed by atoms with Crippen molar-refractivity contribution in [2.24, 2.45) is 0 Å². The Morgan fingerprint density at radius 1 is 0.812 bits per heavy atom. The summed E-state index contributed by atoms with van der Waals surface area (Å²) in [4.78, 5) is 39.3. The molecule has 0 saturated heterocycles. The second kappa shape index (κ2) is 8.89. The molecule has 3 aromatic rings. The van der Waals surface area contributed by atoms with Gasteiger partial charge in [0.05, 0.1) is 12.1 Å². The number of nitrogens with zero attached hydrogens (tertiary/aromatic N) is 1. The first-order valence-electron chi connectivity index (χ1n) is 10.3. The normalized spacial score (nSPS) is 13.5. The average Bonchev–Trinajstić information content (AvgIpc) is 3.00. The first-order valence-corrected chi connectivity index (χ1v) is 10.3. The zero-order valence-corrected chi connectivity index (χ0v) is 17.9. The van der Waals surface area contributed by atoms with Crippen LogP contribution in [0.2, 0.25) is 0 Å². The molecule has 0 aliphatic carbocycles. The molecular formula is C26H23N3O3. The molecule has 0 radical (unpaired) electrons. The maximum Gasteiger partial charge on any atom is 0.278 e. The lowest BCUT2D eigenvalue weighted by Gasteiger charge is -2.15. The molecule has 0 bridgehead atoms. The second-order valence-electron chi connectivity index (χ2n) is 7.68. The van der Waals surface area contributed by atoms with E-state index in [-0.39, 0.29) is 30.0 Å². The first-order chi connectivity index (χ1) is 15.4. The van der Waals surface area contributed by atoms with E-state index in [0.717, 1.165) is 16.8 Å². The van der Waals surface area contributed by atoms with E-state index in [4.69, 9.17) is 0 Å². The molecule has 1 aliphatic rings. The number of hydrogen-bond acceptors (Lipinski definition) is 4. The number of carbonyl (C=O) groups excluding carboxylic acids is 3. The number of benzene rings is 3. The molecule has 3 aromatic carbocycles. The van der Waals surface area contributed by atoms with E-state index < -0.39 is 0 Å². The molecule has 0 unspecified atom stereocenters. The Bertz CT molecular complexity index is 1200. The van der Waals surface area contributed by atoms with Crippen molar-refractivity contribution in [2.75, 3.05) is 10.6 Å².